The number of nitrogens with zero attached hydrogens (tertiary/aromatic N) is 1. The standard InChI is InChI=1S/C82H126NO8P/c1-6-8-10-12-14-16-18-20-22-24-26-28-30-32-34-35-36-37-38-39-40-41-42-43-44-45-46-47-49-51-53-55-57-59-61-63-65-67-69-71-73-75-82(85)91-80(79-90-92(86,87)89-77-76-83(3,4)5)78-88-81(84)74-72-70-68-66-64-62-60-58-56-54-52-50-48-33-31-29-27-25-23-21-19-17-15-13-11-9-7-2/h8-11,14-17,20-23,26-29,32-34,36-37,39-40,42-43,45-46,48-49,51-52,54-55,57-58,60-61,63,80H,6-7,12-13,18-19,24-25,30-31,35,38,41,44,47,50,53,56,59,62,64-79H2,1-5H3/b10-8-,11-9-,16-14-,17-15-,22-20-,23-21-,28-26-,29-27-,34-32-,37-36-,40-39-,43-42-,46-45-,48-33-,51-49-,54-52-,57-55-,60-58-,63-61-. The second kappa shape index (κ2) is 69.4. The van der Waals surface area contributed by atoms with Crippen LogP contribution in [0.4, 0.5) is 0 Å². The van der Waals surface area contributed by atoms with Crippen molar-refractivity contribution >= 4 is 19.8 Å². The number of hydrogen-bond acceptors (Lipinski definition) is 8. The van der Waals surface area contributed by atoms with Gasteiger partial charge in [-0.2, -0.15) is 0 Å². The Morgan fingerprint density at radius 1 is 0.337 bits per heavy atom. The molecular weight excluding hydrogens is 1160 g/mol. The molecule has 0 aromatic heterocycles. The fourth-order valence-electron chi connectivity index (χ4n) is 8.38. The van der Waals surface area contributed by atoms with Gasteiger partial charge in [-0.3, -0.25) is 14.2 Å². The van der Waals surface area contributed by atoms with Crippen molar-refractivity contribution in [2.45, 2.75) is 225 Å². The zero-order valence-corrected chi connectivity index (χ0v) is 59.0. The van der Waals surface area contributed by atoms with E-state index in [9.17, 15) is 19.0 Å². The van der Waals surface area contributed by atoms with Gasteiger partial charge < -0.3 is 27.9 Å². The van der Waals surface area contributed by atoms with Crippen molar-refractivity contribution in [2.24, 2.45) is 0 Å². The number of unbranched alkanes of at least 4 members (excludes halogenated alkanes) is 9. The molecule has 0 N–H and O–H groups in total. The van der Waals surface area contributed by atoms with Gasteiger partial charge >= 0.3 is 11.9 Å². The summed E-state index contributed by atoms with van der Waals surface area (Å²) in [6.45, 7) is 3.92. The van der Waals surface area contributed by atoms with Crippen LogP contribution in [0, 0.1) is 0 Å². The Kier molecular flexibility index (Phi) is 64.9. The maximum absolute atomic E-state index is 12.9. The van der Waals surface area contributed by atoms with Gasteiger partial charge in [-0.05, 0) is 161 Å². The van der Waals surface area contributed by atoms with Crippen molar-refractivity contribution in [2.75, 3.05) is 47.5 Å². The summed E-state index contributed by atoms with van der Waals surface area (Å²) in [7, 11) is 1.10. The summed E-state index contributed by atoms with van der Waals surface area (Å²) in [6, 6.07) is 0. The molecule has 0 aromatic carbocycles. The third-order valence-corrected chi connectivity index (χ3v) is 14.6. The molecule has 0 aliphatic rings. The summed E-state index contributed by atoms with van der Waals surface area (Å²) in [6.07, 6.45) is 113. The number of phosphoric acid groups is 1. The van der Waals surface area contributed by atoms with Crippen LogP contribution in [-0.2, 0) is 32.7 Å². The molecule has 2 unspecified atom stereocenters. The average molecular weight is 1280 g/mol. The molecule has 0 saturated carbocycles. The Morgan fingerprint density at radius 3 is 0.870 bits per heavy atom. The minimum Gasteiger partial charge on any atom is -0.756 e. The highest BCUT2D eigenvalue weighted by molar-refractivity contribution is 7.45. The fraction of sp³-hybridized carbons (Fsp3) is 0.512. The number of ether oxygens (including phenoxy) is 2. The number of quaternary nitrogens is 1. The van der Waals surface area contributed by atoms with Crippen LogP contribution in [0.15, 0.2) is 231 Å². The van der Waals surface area contributed by atoms with Gasteiger partial charge in [-0.25, -0.2) is 0 Å². The van der Waals surface area contributed by atoms with Gasteiger partial charge in [0.2, 0.25) is 0 Å². The molecular formula is C82H126NO8P. The van der Waals surface area contributed by atoms with Gasteiger partial charge in [-0.1, -0.05) is 277 Å². The molecule has 0 rings (SSSR count). The number of allylic oxidation sites excluding steroid dienone is 38. The first kappa shape index (κ1) is 86.1. The van der Waals surface area contributed by atoms with E-state index < -0.39 is 32.5 Å². The predicted molar refractivity (Wildman–Crippen MR) is 396 cm³/mol. The number of hydrogen-bond donors (Lipinski definition) is 0. The van der Waals surface area contributed by atoms with E-state index in [0.717, 1.165) is 180 Å². The summed E-state index contributed by atoms with van der Waals surface area (Å²) < 4.78 is 34.2. The summed E-state index contributed by atoms with van der Waals surface area (Å²) in [5.41, 5.74) is 0. The number of likely N-dealkylation sites (N-methyl/N-ethyl adjacent to an activating group) is 1. The van der Waals surface area contributed by atoms with Crippen molar-refractivity contribution in [1.29, 1.82) is 0 Å². The number of phosphoric ester groups is 1. The van der Waals surface area contributed by atoms with Gasteiger partial charge in [0.1, 0.15) is 19.8 Å². The highest BCUT2D eigenvalue weighted by Gasteiger charge is 2.22. The minimum absolute atomic E-state index is 0.0535. The first-order valence-electron chi connectivity index (χ1n) is 35.1. The Labute approximate surface area is 562 Å². The largest absolute Gasteiger partial charge is 0.756 e. The summed E-state index contributed by atoms with van der Waals surface area (Å²) in [4.78, 5) is 38.0. The molecule has 92 heavy (non-hydrogen) atoms. The lowest BCUT2D eigenvalue weighted by molar-refractivity contribution is -0.870. The molecule has 512 valence electrons. The normalized spacial score (nSPS) is 14.5. The lowest BCUT2D eigenvalue weighted by Gasteiger charge is -2.28. The molecule has 0 spiro atoms. The second-order valence-corrected chi connectivity index (χ2v) is 24.8. The lowest BCUT2D eigenvalue weighted by atomic mass is 10.1. The topological polar surface area (TPSA) is 111 Å². The third-order valence-electron chi connectivity index (χ3n) is 13.7. The van der Waals surface area contributed by atoms with Crippen LogP contribution in [-0.4, -0.2) is 70.0 Å². The molecule has 0 amide bonds. The highest BCUT2D eigenvalue weighted by Crippen LogP contribution is 2.38. The van der Waals surface area contributed by atoms with E-state index in [1.165, 1.54) is 0 Å². The highest BCUT2D eigenvalue weighted by atomic mass is 31.2. The maximum atomic E-state index is 12.9. The van der Waals surface area contributed by atoms with E-state index in [1.54, 1.807) is 0 Å². The molecule has 0 heterocycles. The molecule has 9 nitrogen and oxygen atoms in total. The summed E-state index contributed by atoms with van der Waals surface area (Å²) >= 11 is 0. The Hall–Kier alpha value is -5.93. The third kappa shape index (κ3) is 73.1. The fourth-order valence-corrected chi connectivity index (χ4v) is 9.11. The van der Waals surface area contributed by atoms with E-state index in [-0.39, 0.29) is 26.1 Å². The molecule has 0 fully saturated rings. The minimum atomic E-state index is -4.67. The molecule has 0 radical (unpaired) electrons. The summed E-state index contributed by atoms with van der Waals surface area (Å²) in [5.74, 6) is -0.906. The predicted octanol–water partition coefficient (Wildman–Crippen LogP) is 22.7. The lowest BCUT2D eigenvalue weighted by Crippen LogP contribution is -2.37. The quantitative estimate of drug-likeness (QED) is 0.0195. The van der Waals surface area contributed by atoms with Crippen LogP contribution in [0.3, 0.4) is 0 Å². The van der Waals surface area contributed by atoms with Gasteiger partial charge in [0.15, 0.2) is 6.10 Å². The maximum Gasteiger partial charge on any atom is 0.306 e. The number of rotatable bonds is 61. The van der Waals surface area contributed by atoms with Crippen LogP contribution in [0.1, 0.15) is 219 Å². The number of esters is 2. The van der Waals surface area contributed by atoms with Crippen molar-refractivity contribution in [3.8, 4) is 0 Å². The molecule has 2 atom stereocenters. The zero-order chi connectivity index (χ0) is 66.9. The van der Waals surface area contributed by atoms with Crippen LogP contribution < -0.4 is 4.89 Å². The Morgan fingerprint density at radius 2 is 0.587 bits per heavy atom. The molecule has 0 aliphatic heterocycles. The first-order valence-corrected chi connectivity index (χ1v) is 36.6. The second-order valence-electron chi connectivity index (χ2n) is 23.4. The molecule has 0 aliphatic carbocycles. The number of carbonyl (C=O) groups is 2. The van der Waals surface area contributed by atoms with E-state index in [2.05, 4.69) is 245 Å². The van der Waals surface area contributed by atoms with Gasteiger partial charge in [0, 0.05) is 12.8 Å². The van der Waals surface area contributed by atoms with Crippen LogP contribution >= 0.6 is 7.82 Å². The average Bonchev–Trinajstić information content (AvgIpc) is 2.23. The SMILES string of the molecule is CC/C=C\C/C=C\C/C=C\C/C=C\C/C=C\C/C=C\C/C=C\C/C=C\C/C=C\C/C=C\C/C=C\C/C=C\CCCCCCC(=O)OC(COC(=O)CCCCCCC/C=C\C/C=C\C/C=C\C/C=C\C/C=C\C/C=C\C/C=C\CC)COP(=O)([O-])OCC[N+](C)(C)C. The van der Waals surface area contributed by atoms with E-state index in [0.29, 0.717) is 23.9 Å². The monoisotopic (exact) mass is 1280 g/mol. The van der Waals surface area contributed by atoms with Crippen LogP contribution in [0.25, 0.3) is 0 Å². The van der Waals surface area contributed by atoms with Gasteiger partial charge in [-0.15, -0.1) is 0 Å². The first-order chi connectivity index (χ1) is 45.0. The Bertz CT molecular complexity index is 2400. The van der Waals surface area contributed by atoms with Crippen molar-refractivity contribution in [1.82, 2.24) is 0 Å². The van der Waals surface area contributed by atoms with Crippen molar-refractivity contribution in [3.63, 3.8) is 0 Å². The van der Waals surface area contributed by atoms with E-state index in [1.807, 2.05) is 21.1 Å². The van der Waals surface area contributed by atoms with Crippen molar-refractivity contribution < 1.29 is 42.1 Å². The smallest absolute Gasteiger partial charge is 0.306 e. The van der Waals surface area contributed by atoms with Crippen LogP contribution in [0.5, 0.6) is 0 Å². The van der Waals surface area contributed by atoms with Gasteiger partial charge in [0.25, 0.3) is 7.82 Å². The zero-order valence-electron chi connectivity index (χ0n) is 58.1. The van der Waals surface area contributed by atoms with Crippen molar-refractivity contribution in [3.05, 3.63) is 231 Å². The van der Waals surface area contributed by atoms with E-state index >= 15 is 0 Å². The van der Waals surface area contributed by atoms with Crippen LogP contribution in [0.2, 0.25) is 0 Å². The molecule has 0 bridgehead atoms. The molecule has 0 aromatic rings. The number of carbonyl (C=O) groups excluding carboxylic acids is 2. The Balaban J connectivity index is 4.25. The molecule has 10 heteroatoms. The van der Waals surface area contributed by atoms with E-state index in [4.69, 9.17) is 18.5 Å². The van der Waals surface area contributed by atoms with Gasteiger partial charge in [0.05, 0.1) is 27.7 Å². The molecule has 0 saturated heterocycles. The summed E-state index contributed by atoms with van der Waals surface area (Å²) in [5, 5.41) is 0.